The van der Waals surface area contributed by atoms with Gasteiger partial charge in [-0.05, 0) is 24.1 Å². The number of imidazole rings is 1. The molecule has 0 spiro atoms. The highest BCUT2D eigenvalue weighted by Crippen LogP contribution is 2.12. The molecule has 1 aromatic carbocycles. The fourth-order valence-corrected chi connectivity index (χ4v) is 3.60. The Labute approximate surface area is 222 Å². The van der Waals surface area contributed by atoms with Crippen molar-refractivity contribution in [3.05, 3.63) is 48.0 Å². The number of aromatic amines is 1. The van der Waals surface area contributed by atoms with Gasteiger partial charge in [0.15, 0.2) is 0 Å². The number of phenols is 1. The number of H-pyrrole nitrogens is 1. The zero-order chi connectivity index (χ0) is 28.2. The molecule has 1 aromatic heterocycles. The molecule has 0 saturated heterocycles. The van der Waals surface area contributed by atoms with Crippen molar-refractivity contribution in [1.29, 1.82) is 0 Å². The monoisotopic (exact) mass is 550 g/mol. The molecule has 206 valence electrons. The minimum atomic E-state index is -1.42. The van der Waals surface area contributed by atoms with Crippen LogP contribution in [0.15, 0.2) is 36.8 Å². The SMILES string of the molecule is NC(Cc1cnc[nH]1)C(=O)NC(CS)C(=O)NC(CCC(=O)O)C(=O)NC(Cc1ccc(O)cc1)C(=O)O. The molecular weight excluding hydrogens is 520 g/mol. The zero-order valence-electron chi connectivity index (χ0n) is 20.2. The maximum Gasteiger partial charge on any atom is 0.326 e. The Morgan fingerprint density at radius 1 is 0.921 bits per heavy atom. The number of thiol groups is 1. The van der Waals surface area contributed by atoms with Gasteiger partial charge < -0.3 is 42.0 Å². The summed E-state index contributed by atoms with van der Waals surface area (Å²) >= 11 is 4.07. The van der Waals surface area contributed by atoms with Gasteiger partial charge >= 0.3 is 11.9 Å². The largest absolute Gasteiger partial charge is 0.508 e. The molecule has 0 radical (unpaired) electrons. The van der Waals surface area contributed by atoms with E-state index in [1.165, 1.54) is 36.8 Å². The average molecular weight is 551 g/mol. The van der Waals surface area contributed by atoms with Gasteiger partial charge in [0.05, 0.1) is 12.4 Å². The number of benzene rings is 1. The molecule has 4 unspecified atom stereocenters. The van der Waals surface area contributed by atoms with Crippen LogP contribution in [0.4, 0.5) is 0 Å². The minimum absolute atomic E-state index is 0.0193. The Bertz CT molecular complexity index is 1110. The van der Waals surface area contributed by atoms with Crippen molar-refractivity contribution >= 4 is 42.3 Å². The zero-order valence-corrected chi connectivity index (χ0v) is 21.1. The number of rotatable bonds is 15. The lowest BCUT2D eigenvalue weighted by Crippen LogP contribution is -2.58. The number of aromatic nitrogens is 2. The number of aliphatic carboxylic acids is 2. The van der Waals surface area contributed by atoms with E-state index in [1.807, 2.05) is 0 Å². The number of nitrogens with two attached hydrogens (primary N) is 1. The first-order valence-electron chi connectivity index (χ1n) is 11.5. The Kier molecular flexibility index (Phi) is 11.6. The van der Waals surface area contributed by atoms with Crippen LogP contribution in [0, 0.1) is 0 Å². The fraction of sp³-hybridized carbons (Fsp3) is 0.391. The molecule has 0 bridgehead atoms. The number of carboxylic acids is 2. The normalized spacial score (nSPS) is 13.9. The van der Waals surface area contributed by atoms with Crippen molar-refractivity contribution in [2.24, 2.45) is 5.73 Å². The summed E-state index contributed by atoms with van der Waals surface area (Å²) in [5.74, 6) is -5.21. The molecule has 0 aliphatic carbocycles. The third-order valence-corrected chi connectivity index (χ3v) is 5.78. The summed E-state index contributed by atoms with van der Waals surface area (Å²) in [6.45, 7) is 0. The van der Waals surface area contributed by atoms with Crippen molar-refractivity contribution in [2.45, 2.75) is 49.9 Å². The number of carbonyl (C=O) groups is 5. The van der Waals surface area contributed by atoms with E-state index >= 15 is 0 Å². The lowest BCUT2D eigenvalue weighted by molar-refractivity contribution is -0.143. The van der Waals surface area contributed by atoms with Gasteiger partial charge in [0, 0.05) is 36.9 Å². The van der Waals surface area contributed by atoms with Crippen molar-refractivity contribution < 1.29 is 39.3 Å². The Morgan fingerprint density at radius 3 is 2.08 bits per heavy atom. The molecule has 0 aliphatic rings. The molecule has 0 aliphatic heterocycles. The van der Waals surface area contributed by atoms with Gasteiger partial charge in [-0.3, -0.25) is 19.2 Å². The van der Waals surface area contributed by atoms with E-state index in [2.05, 4.69) is 38.5 Å². The van der Waals surface area contributed by atoms with Crippen LogP contribution in [0.1, 0.15) is 24.1 Å². The van der Waals surface area contributed by atoms with E-state index in [4.69, 9.17) is 10.8 Å². The first-order valence-corrected chi connectivity index (χ1v) is 12.1. The molecule has 2 rings (SSSR count). The van der Waals surface area contributed by atoms with Crippen LogP contribution in [-0.2, 0) is 36.8 Å². The smallest absolute Gasteiger partial charge is 0.326 e. The second-order valence-corrected chi connectivity index (χ2v) is 8.76. The van der Waals surface area contributed by atoms with E-state index in [-0.39, 0.29) is 30.8 Å². The second kappa shape index (κ2) is 14.6. The predicted octanol–water partition coefficient (Wildman–Crippen LogP) is -1.44. The van der Waals surface area contributed by atoms with Crippen LogP contribution in [0.2, 0.25) is 0 Å². The van der Waals surface area contributed by atoms with Crippen molar-refractivity contribution in [3.8, 4) is 5.75 Å². The molecule has 0 saturated carbocycles. The highest BCUT2D eigenvalue weighted by atomic mass is 32.1. The van der Waals surface area contributed by atoms with E-state index < -0.39 is 60.2 Å². The lowest BCUT2D eigenvalue weighted by Gasteiger charge is -2.24. The Hall–Kier alpha value is -4.11. The molecule has 38 heavy (non-hydrogen) atoms. The number of carbonyl (C=O) groups excluding carboxylic acids is 3. The maximum absolute atomic E-state index is 12.9. The third-order valence-electron chi connectivity index (χ3n) is 5.42. The number of hydrogen-bond donors (Lipinski definition) is 9. The molecule has 0 fully saturated rings. The lowest BCUT2D eigenvalue weighted by atomic mass is 10.0. The van der Waals surface area contributed by atoms with Crippen LogP contribution in [0.5, 0.6) is 5.75 Å². The summed E-state index contributed by atoms with van der Waals surface area (Å²) < 4.78 is 0. The summed E-state index contributed by atoms with van der Waals surface area (Å²) in [5.41, 5.74) is 6.99. The highest BCUT2D eigenvalue weighted by Gasteiger charge is 2.30. The summed E-state index contributed by atoms with van der Waals surface area (Å²) in [6, 6.07) is 0.627. The summed E-state index contributed by atoms with van der Waals surface area (Å²) in [4.78, 5) is 67.7. The highest BCUT2D eigenvalue weighted by molar-refractivity contribution is 7.80. The van der Waals surface area contributed by atoms with Gasteiger partial charge in [-0.2, -0.15) is 12.6 Å². The number of phenolic OH excluding ortho intramolecular Hbond substituents is 1. The van der Waals surface area contributed by atoms with E-state index in [0.717, 1.165) is 0 Å². The van der Waals surface area contributed by atoms with Crippen molar-refractivity contribution in [1.82, 2.24) is 25.9 Å². The first-order chi connectivity index (χ1) is 18.0. The van der Waals surface area contributed by atoms with Crippen LogP contribution in [-0.4, -0.2) is 84.9 Å². The summed E-state index contributed by atoms with van der Waals surface area (Å²) in [7, 11) is 0. The molecule has 4 atom stereocenters. The van der Waals surface area contributed by atoms with Crippen LogP contribution in [0.3, 0.4) is 0 Å². The van der Waals surface area contributed by atoms with Crippen LogP contribution >= 0.6 is 12.6 Å². The first kappa shape index (κ1) is 30.1. The van der Waals surface area contributed by atoms with Gasteiger partial charge in [0.1, 0.15) is 23.9 Å². The molecule has 15 heteroatoms. The quantitative estimate of drug-likeness (QED) is 0.117. The van der Waals surface area contributed by atoms with Crippen LogP contribution < -0.4 is 21.7 Å². The van der Waals surface area contributed by atoms with Gasteiger partial charge in [-0.25, -0.2) is 9.78 Å². The van der Waals surface area contributed by atoms with Gasteiger partial charge in [-0.1, -0.05) is 12.1 Å². The molecule has 14 nitrogen and oxygen atoms in total. The average Bonchev–Trinajstić information content (AvgIpc) is 3.38. The number of nitrogens with one attached hydrogen (secondary N) is 4. The molecule has 2 aromatic rings. The van der Waals surface area contributed by atoms with E-state index in [9.17, 15) is 34.2 Å². The molecule has 9 N–H and O–H groups in total. The van der Waals surface area contributed by atoms with Crippen molar-refractivity contribution in [2.75, 3.05) is 5.75 Å². The van der Waals surface area contributed by atoms with Gasteiger partial charge in [0.25, 0.3) is 0 Å². The number of hydrogen-bond acceptors (Lipinski definition) is 9. The Morgan fingerprint density at radius 2 is 1.53 bits per heavy atom. The topological polar surface area (TPSA) is 237 Å². The Balaban J connectivity index is 2.07. The maximum atomic E-state index is 12.9. The summed E-state index contributed by atoms with van der Waals surface area (Å²) in [6.07, 6.45) is 2.06. The third kappa shape index (κ3) is 9.74. The number of amides is 3. The van der Waals surface area contributed by atoms with Crippen molar-refractivity contribution in [3.63, 3.8) is 0 Å². The standard InChI is InChI=1S/C23H30N6O8S/c24-15(8-13-9-25-11-26-13)20(33)29-18(10-38)22(35)27-16(5-6-19(31)32)21(34)28-17(23(36)37)7-12-1-3-14(30)4-2-12/h1-4,9,11,15-18,30,38H,5-8,10,24H2,(H,25,26)(H,27,35)(H,28,34)(H,29,33)(H,31,32)(H,36,37). The molecule has 1 heterocycles. The second-order valence-electron chi connectivity index (χ2n) is 8.39. The van der Waals surface area contributed by atoms with Crippen LogP contribution in [0.25, 0.3) is 0 Å². The summed E-state index contributed by atoms with van der Waals surface area (Å²) in [5, 5.41) is 35.1. The predicted molar refractivity (Wildman–Crippen MR) is 136 cm³/mol. The minimum Gasteiger partial charge on any atom is -0.508 e. The number of aromatic hydroxyl groups is 1. The fourth-order valence-electron chi connectivity index (χ4n) is 3.35. The van der Waals surface area contributed by atoms with Gasteiger partial charge in [-0.15, -0.1) is 0 Å². The number of nitrogens with zero attached hydrogens (tertiary/aromatic N) is 1. The van der Waals surface area contributed by atoms with E-state index in [1.54, 1.807) is 0 Å². The van der Waals surface area contributed by atoms with E-state index in [0.29, 0.717) is 11.3 Å². The van der Waals surface area contributed by atoms with Gasteiger partial charge in [0.2, 0.25) is 17.7 Å². The molecular formula is C23H30N6O8S. The number of carboxylic acid groups (broad SMARTS) is 2. The molecule has 3 amide bonds.